The van der Waals surface area contributed by atoms with Crippen LogP contribution in [0, 0.1) is 0 Å². The first kappa shape index (κ1) is 12.2. The van der Waals surface area contributed by atoms with Crippen LogP contribution in [0.3, 0.4) is 0 Å². The zero-order valence-electron chi connectivity index (χ0n) is 10.6. The molecule has 0 heterocycles. The molecule has 2 N–H and O–H groups in total. The smallest absolute Gasteiger partial charge is 0.126 e. The molecule has 3 nitrogen and oxygen atoms in total. The summed E-state index contributed by atoms with van der Waals surface area (Å²) in [4.78, 5) is 0. The van der Waals surface area contributed by atoms with Gasteiger partial charge in [0.05, 0.1) is 14.2 Å². The number of nitrogens with two attached hydrogens (primary N) is 1. The van der Waals surface area contributed by atoms with Crippen LogP contribution in [0.5, 0.6) is 11.5 Å². The van der Waals surface area contributed by atoms with Crippen LogP contribution >= 0.6 is 0 Å². The molecule has 1 aliphatic carbocycles. The first-order valence-corrected chi connectivity index (χ1v) is 6.23. The molecular formula is C14H21NO2. The van der Waals surface area contributed by atoms with E-state index in [1.807, 2.05) is 12.1 Å². The first-order chi connectivity index (χ1) is 8.26. The van der Waals surface area contributed by atoms with E-state index in [1.54, 1.807) is 14.2 Å². The van der Waals surface area contributed by atoms with Gasteiger partial charge in [0.15, 0.2) is 0 Å². The molecule has 1 aliphatic rings. The lowest BCUT2D eigenvalue weighted by molar-refractivity contribution is 0.356. The van der Waals surface area contributed by atoms with Gasteiger partial charge in [0.2, 0.25) is 0 Å². The maximum atomic E-state index is 6.22. The fourth-order valence-corrected chi connectivity index (χ4v) is 2.67. The van der Waals surface area contributed by atoms with E-state index in [2.05, 4.69) is 6.07 Å². The standard InChI is InChI=1S/C14H21NO2/c1-16-10-7-8-12(14(9-10)17-2)11-5-3-4-6-13(11)15/h7-9,11,13H,3-6,15H2,1-2H3. The van der Waals surface area contributed by atoms with E-state index >= 15 is 0 Å². The molecule has 0 spiro atoms. The van der Waals surface area contributed by atoms with Gasteiger partial charge in [-0.05, 0) is 24.5 Å². The van der Waals surface area contributed by atoms with Crippen molar-refractivity contribution in [2.24, 2.45) is 5.73 Å². The van der Waals surface area contributed by atoms with E-state index in [0.717, 1.165) is 24.3 Å². The Morgan fingerprint density at radius 3 is 2.53 bits per heavy atom. The van der Waals surface area contributed by atoms with Gasteiger partial charge in [0.25, 0.3) is 0 Å². The maximum Gasteiger partial charge on any atom is 0.126 e. The zero-order chi connectivity index (χ0) is 12.3. The lowest BCUT2D eigenvalue weighted by atomic mass is 9.80. The van der Waals surface area contributed by atoms with Gasteiger partial charge in [-0.1, -0.05) is 18.9 Å². The number of methoxy groups -OCH3 is 2. The van der Waals surface area contributed by atoms with Crippen LogP contribution in [0.15, 0.2) is 18.2 Å². The minimum Gasteiger partial charge on any atom is -0.497 e. The third kappa shape index (κ3) is 2.55. The zero-order valence-corrected chi connectivity index (χ0v) is 10.6. The molecular weight excluding hydrogens is 214 g/mol. The Morgan fingerprint density at radius 2 is 1.88 bits per heavy atom. The molecule has 0 saturated heterocycles. The number of hydrogen-bond donors (Lipinski definition) is 1. The van der Waals surface area contributed by atoms with Crippen molar-refractivity contribution in [1.82, 2.24) is 0 Å². The normalized spacial score (nSPS) is 24.4. The maximum absolute atomic E-state index is 6.22. The average Bonchev–Trinajstić information content (AvgIpc) is 2.38. The first-order valence-electron chi connectivity index (χ1n) is 6.23. The molecule has 0 radical (unpaired) electrons. The van der Waals surface area contributed by atoms with Gasteiger partial charge < -0.3 is 15.2 Å². The highest BCUT2D eigenvalue weighted by molar-refractivity contribution is 5.43. The van der Waals surface area contributed by atoms with Crippen LogP contribution in [0.1, 0.15) is 37.2 Å². The number of ether oxygens (including phenoxy) is 2. The highest BCUT2D eigenvalue weighted by atomic mass is 16.5. The monoisotopic (exact) mass is 235 g/mol. The van der Waals surface area contributed by atoms with Gasteiger partial charge >= 0.3 is 0 Å². The topological polar surface area (TPSA) is 44.5 Å². The Balaban J connectivity index is 2.30. The number of benzene rings is 1. The third-order valence-electron chi connectivity index (χ3n) is 3.66. The Hall–Kier alpha value is -1.22. The van der Waals surface area contributed by atoms with Crippen LogP contribution in [0.25, 0.3) is 0 Å². The molecule has 17 heavy (non-hydrogen) atoms. The summed E-state index contributed by atoms with van der Waals surface area (Å²) in [7, 11) is 3.37. The molecule has 1 aromatic rings. The van der Waals surface area contributed by atoms with Crippen molar-refractivity contribution in [2.75, 3.05) is 14.2 Å². The molecule has 1 saturated carbocycles. The molecule has 2 atom stereocenters. The van der Waals surface area contributed by atoms with E-state index in [0.29, 0.717) is 5.92 Å². The van der Waals surface area contributed by atoms with Crippen LogP contribution in [0.2, 0.25) is 0 Å². The second-order valence-corrected chi connectivity index (χ2v) is 4.66. The molecule has 3 heteroatoms. The Morgan fingerprint density at radius 1 is 1.12 bits per heavy atom. The van der Waals surface area contributed by atoms with Crippen molar-refractivity contribution >= 4 is 0 Å². The van der Waals surface area contributed by atoms with E-state index in [1.165, 1.54) is 18.4 Å². The van der Waals surface area contributed by atoms with Crippen LogP contribution in [-0.4, -0.2) is 20.3 Å². The predicted molar refractivity (Wildman–Crippen MR) is 68.7 cm³/mol. The number of hydrogen-bond acceptors (Lipinski definition) is 3. The Labute approximate surface area is 103 Å². The Kier molecular flexibility index (Phi) is 3.89. The molecule has 1 fully saturated rings. The molecule has 2 unspecified atom stereocenters. The summed E-state index contributed by atoms with van der Waals surface area (Å²) in [5.41, 5.74) is 7.44. The van der Waals surface area contributed by atoms with Crippen molar-refractivity contribution in [3.63, 3.8) is 0 Å². The minimum absolute atomic E-state index is 0.256. The van der Waals surface area contributed by atoms with Crippen LogP contribution < -0.4 is 15.2 Å². The average molecular weight is 235 g/mol. The van der Waals surface area contributed by atoms with Crippen LogP contribution in [-0.2, 0) is 0 Å². The molecule has 1 aromatic carbocycles. The van der Waals surface area contributed by atoms with E-state index < -0.39 is 0 Å². The highest BCUT2D eigenvalue weighted by Gasteiger charge is 2.26. The summed E-state index contributed by atoms with van der Waals surface area (Å²) in [6.07, 6.45) is 4.77. The molecule has 0 aromatic heterocycles. The lowest BCUT2D eigenvalue weighted by Gasteiger charge is -2.30. The summed E-state index contributed by atoms with van der Waals surface area (Å²) in [6, 6.07) is 6.27. The Bertz CT molecular complexity index is 378. The SMILES string of the molecule is COc1ccc(C2CCCCC2N)c(OC)c1. The molecule has 94 valence electrons. The summed E-state index contributed by atoms with van der Waals surface area (Å²) in [5.74, 6) is 2.14. The van der Waals surface area contributed by atoms with E-state index in [-0.39, 0.29) is 6.04 Å². The number of rotatable bonds is 3. The van der Waals surface area contributed by atoms with E-state index in [4.69, 9.17) is 15.2 Å². The van der Waals surface area contributed by atoms with E-state index in [9.17, 15) is 0 Å². The lowest BCUT2D eigenvalue weighted by Crippen LogP contribution is -2.31. The van der Waals surface area contributed by atoms with Gasteiger partial charge in [-0.25, -0.2) is 0 Å². The van der Waals surface area contributed by atoms with Crippen molar-refractivity contribution < 1.29 is 9.47 Å². The van der Waals surface area contributed by atoms with Crippen LogP contribution in [0.4, 0.5) is 0 Å². The van der Waals surface area contributed by atoms with Gasteiger partial charge in [-0.2, -0.15) is 0 Å². The molecule has 2 rings (SSSR count). The fourth-order valence-electron chi connectivity index (χ4n) is 2.67. The molecule has 0 amide bonds. The third-order valence-corrected chi connectivity index (χ3v) is 3.66. The van der Waals surface area contributed by atoms with Crippen molar-refractivity contribution in [3.05, 3.63) is 23.8 Å². The van der Waals surface area contributed by atoms with Gasteiger partial charge in [0.1, 0.15) is 11.5 Å². The summed E-state index contributed by atoms with van der Waals surface area (Å²) in [5, 5.41) is 0. The fraction of sp³-hybridized carbons (Fsp3) is 0.571. The predicted octanol–water partition coefficient (Wildman–Crippen LogP) is 2.69. The highest BCUT2D eigenvalue weighted by Crippen LogP contribution is 2.38. The quantitative estimate of drug-likeness (QED) is 0.876. The van der Waals surface area contributed by atoms with Crippen molar-refractivity contribution in [1.29, 1.82) is 0 Å². The second-order valence-electron chi connectivity index (χ2n) is 4.66. The minimum atomic E-state index is 0.256. The van der Waals surface area contributed by atoms with Gasteiger partial charge in [0, 0.05) is 18.0 Å². The van der Waals surface area contributed by atoms with Crippen molar-refractivity contribution in [2.45, 2.75) is 37.6 Å². The summed E-state index contributed by atoms with van der Waals surface area (Å²) >= 11 is 0. The second kappa shape index (κ2) is 5.41. The molecule has 0 aliphatic heterocycles. The van der Waals surface area contributed by atoms with Gasteiger partial charge in [-0.15, -0.1) is 0 Å². The summed E-state index contributed by atoms with van der Waals surface area (Å²) < 4.78 is 10.7. The molecule has 0 bridgehead atoms. The van der Waals surface area contributed by atoms with Crippen molar-refractivity contribution in [3.8, 4) is 11.5 Å². The van der Waals surface area contributed by atoms with Gasteiger partial charge in [-0.3, -0.25) is 0 Å². The largest absolute Gasteiger partial charge is 0.497 e. The summed E-state index contributed by atoms with van der Waals surface area (Å²) in [6.45, 7) is 0.